The number of amides is 4. The molecule has 5 aromatic rings. The molecule has 5 aromatic carbocycles. The molecular weight excluding hydrogens is 816 g/mol. The summed E-state index contributed by atoms with van der Waals surface area (Å²) >= 11 is 12.8. The molecule has 0 saturated heterocycles. The largest absolute Gasteiger partial charge is 0.524 e. The Hall–Kier alpha value is -5.75. The Morgan fingerprint density at radius 3 is 2.02 bits per heavy atom. The molecule has 8 rings (SSSR count). The number of ether oxygens (including phenoxy) is 1. The Balaban J connectivity index is 1.07. The molecular formula is C44H36Cl2N3O9P. The lowest BCUT2D eigenvalue weighted by Crippen LogP contribution is -2.33. The van der Waals surface area contributed by atoms with Gasteiger partial charge in [-0.2, -0.15) is 0 Å². The van der Waals surface area contributed by atoms with E-state index in [0.717, 1.165) is 32.5 Å². The first-order valence-corrected chi connectivity index (χ1v) is 21.3. The van der Waals surface area contributed by atoms with Crippen molar-refractivity contribution in [3.63, 3.8) is 0 Å². The maximum absolute atomic E-state index is 13.8. The predicted octanol–water partition coefficient (Wildman–Crippen LogP) is 7.53. The molecule has 0 unspecified atom stereocenters. The van der Waals surface area contributed by atoms with Crippen molar-refractivity contribution in [3.8, 4) is 11.5 Å². The normalized spacial score (nSPS) is 17.6. The standard InChI is InChI=1S/C44H36Cl2N3O9P/c45-23-30-25-48(35-14-12-28-5-1-2-6-32(28)43(30)35)42(53)16-13-29-11-9-27(21-37(29)57-20-19-47-39(50)17-18-40(47)51)10-15-41(52)49-26-31(24-46)44-34-8-4-3-7-33(34)38(22-36(44)49)58-59(54,55)56/h1-18,21-22,30-31H,19-20,23-26H2,(H2,54,55,56)/b15-10+,16-13+/t30-,31-/m1/s1. The van der Waals surface area contributed by atoms with Gasteiger partial charge in [0.2, 0.25) is 0 Å². The SMILES string of the molecule is O=C1C=CC(=O)N1CCOc1cc(/C=C/C(=O)N2C[C@@H](CCl)c3c2cc(OP(=O)(O)O)c2ccccc32)ccc1/C=C/C(=O)N1C[C@@H](CCl)c2c1ccc1ccccc21. The fraction of sp³-hybridized carbons (Fsp3) is 0.182. The molecule has 300 valence electrons. The number of phosphoric ester groups is 1. The topological polar surface area (TPSA) is 154 Å². The highest BCUT2D eigenvalue weighted by Crippen LogP contribution is 2.49. The van der Waals surface area contributed by atoms with E-state index < -0.39 is 25.5 Å². The first-order chi connectivity index (χ1) is 28.4. The number of phosphoric acid groups is 1. The quantitative estimate of drug-likeness (QED) is 0.0561. The highest BCUT2D eigenvalue weighted by Gasteiger charge is 2.35. The molecule has 0 aliphatic carbocycles. The first kappa shape index (κ1) is 40.0. The summed E-state index contributed by atoms with van der Waals surface area (Å²) in [5, 5.41) is 3.26. The minimum atomic E-state index is -4.93. The van der Waals surface area contributed by atoms with Gasteiger partial charge in [-0.15, -0.1) is 23.2 Å². The lowest BCUT2D eigenvalue weighted by molar-refractivity contribution is -0.137. The molecule has 0 aromatic heterocycles. The van der Waals surface area contributed by atoms with Gasteiger partial charge in [-0.05, 0) is 57.1 Å². The van der Waals surface area contributed by atoms with Gasteiger partial charge in [0.15, 0.2) is 0 Å². The van der Waals surface area contributed by atoms with Crippen LogP contribution in [0.25, 0.3) is 33.7 Å². The molecule has 2 N–H and O–H groups in total. The summed E-state index contributed by atoms with van der Waals surface area (Å²) in [4.78, 5) is 75.5. The van der Waals surface area contributed by atoms with E-state index in [-0.39, 0.29) is 49.1 Å². The van der Waals surface area contributed by atoms with E-state index in [1.165, 1.54) is 35.3 Å². The summed E-state index contributed by atoms with van der Waals surface area (Å²) in [5.74, 6) is -1.04. The zero-order valence-electron chi connectivity index (χ0n) is 31.2. The highest BCUT2D eigenvalue weighted by molar-refractivity contribution is 7.46. The summed E-state index contributed by atoms with van der Waals surface area (Å²) in [6.07, 6.45) is 8.44. The Morgan fingerprint density at radius 1 is 0.729 bits per heavy atom. The molecule has 3 heterocycles. The van der Waals surface area contributed by atoms with Crippen molar-refractivity contribution in [1.29, 1.82) is 0 Å². The number of carbonyl (C=O) groups is 4. The van der Waals surface area contributed by atoms with Gasteiger partial charge >= 0.3 is 7.82 Å². The minimum absolute atomic E-state index is 0.0118. The van der Waals surface area contributed by atoms with E-state index in [1.54, 1.807) is 59.5 Å². The van der Waals surface area contributed by atoms with Crippen molar-refractivity contribution in [2.75, 3.05) is 47.8 Å². The van der Waals surface area contributed by atoms with E-state index in [2.05, 4.69) is 0 Å². The number of imide groups is 1. The summed E-state index contributed by atoms with van der Waals surface area (Å²) in [7, 11) is -4.93. The third kappa shape index (κ3) is 8.02. The third-order valence-corrected chi connectivity index (χ3v) is 11.8. The average Bonchev–Trinajstić information content (AvgIpc) is 3.91. The minimum Gasteiger partial charge on any atom is -0.491 e. The molecule has 12 nitrogen and oxygen atoms in total. The maximum Gasteiger partial charge on any atom is 0.524 e. The van der Waals surface area contributed by atoms with Gasteiger partial charge < -0.3 is 19.1 Å². The van der Waals surface area contributed by atoms with Crippen LogP contribution in [0.3, 0.4) is 0 Å². The van der Waals surface area contributed by atoms with Crippen molar-refractivity contribution in [3.05, 3.63) is 131 Å². The van der Waals surface area contributed by atoms with Gasteiger partial charge in [-0.1, -0.05) is 66.7 Å². The maximum atomic E-state index is 13.8. The van der Waals surface area contributed by atoms with Crippen LogP contribution in [0.5, 0.6) is 11.5 Å². The van der Waals surface area contributed by atoms with Crippen molar-refractivity contribution < 1.29 is 42.8 Å². The van der Waals surface area contributed by atoms with Gasteiger partial charge in [0, 0.05) is 83.7 Å². The Morgan fingerprint density at radius 2 is 1.34 bits per heavy atom. The molecule has 0 saturated carbocycles. The molecule has 4 amide bonds. The van der Waals surface area contributed by atoms with Crippen molar-refractivity contribution in [1.82, 2.24) is 4.90 Å². The zero-order chi connectivity index (χ0) is 41.4. The van der Waals surface area contributed by atoms with Gasteiger partial charge in [-0.3, -0.25) is 33.9 Å². The second-order valence-corrected chi connectivity index (χ2v) is 16.0. The predicted molar refractivity (Wildman–Crippen MR) is 228 cm³/mol. The Labute approximate surface area is 348 Å². The van der Waals surface area contributed by atoms with Gasteiger partial charge in [0.1, 0.15) is 18.1 Å². The molecule has 0 fully saturated rings. The fourth-order valence-corrected chi connectivity index (χ4v) is 8.88. The van der Waals surface area contributed by atoms with E-state index in [9.17, 15) is 33.5 Å². The van der Waals surface area contributed by atoms with Crippen LogP contribution in [0.2, 0.25) is 0 Å². The van der Waals surface area contributed by atoms with Crippen molar-refractivity contribution in [2.45, 2.75) is 11.8 Å². The van der Waals surface area contributed by atoms with E-state index in [0.29, 0.717) is 45.8 Å². The second kappa shape index (κ2) is 16.5. The van der Waals surface area contributed by atoms with Crippen LogP contribution in [-0.4, -0.2) is 76.3 Å². The first-order valence-electron chi connectivity index (χ1n) is 18.7. The highest BCUT2D eigenvalue weighted by atomic mass is 35.5. The Bertz CT molecular complexity index is 2680. The Kier molecular flexibility index (Phi) is 11.2. The summed E-state index contributed by atoms with van der Waals surface area (Å²) in [6.45, 7) is 0.595. The van der Waals surface area contributed by atoms with Crippen molar-refractivity contribution in [2.24, 2.45) is 0 Å². The summed E-state index contributed by atoms with van der Waals surface area (Å²) in [6, 6.07) is 25.5. The molecule has 0 radical (unpaired) electrons. The molecule has 3 aliphatic heterocycles. The van der Waals surface area contributed by atoms with Crippen LogP contribution in [0.15, 0.2) is 109 Å². The number of halogens is 2. The number of nitrogens with zero attached hydrogens (tertiary/aromatic N) is 3. The molecule has 3 aliphatic rings. The number of carbonyl (C=O) groups excluding carboxylic acids is 4. The molecule has 59 heavy (non-hydrogen) atoms. The number of rotatable bonds is 12. The number of benzene rings is 5. The molecule has 0 bridgehead atoms. The van der Waals surface area contributed by atoms with Crippen molar-refractivity contribution >= 4 is 99.7 Å². The van der Waals surface area contributed by atoms with E-state index >= 15 is 0 Å². The fourth-order valence-electron chi connectivity index (χ4n) is 7.97. The third-order valence-electron chi connectivity index (χ3n) is 10.6. The monoisotopic (exact) mass is 851 g/mol. The molecule has 2 atom stereocenters. The average molecular weight is 853 g/mol. The van der Waals surface area contributed by atoms with Gasteiger partial charge in [0.05, 0.1) is 12.2 Å². The van der Waals surface area contributed by atoms with Crippen LogP contribution in [0, 0.1) is 0 Å². The van der Waals surface area contributed by atoms with Crippen LogP contribution >= 0.6 is 31.0 Å². The zero-order valence-corrected chi connectivity index (χ0v) is 33.6. The smallest absolute Gasteiger partial charge is 0.491 e. The number of fused-ring (bicyclic) bond motifs is 6. The molecule has 0 spiro atoms. The lowest BCUT2D eigenvalue weighted by atomic mass is 9.95. The number of hydrogen-bond acceptors (Lipinski definition) is 7. The van der Waals surface area contributed by atoms with Crippen LogP contribution in [0.4, 0.5) is 11.4 Å². The van der Waals surface area contributed by atoms with Crippen LogP contribution < -0.4 is 19.1 Å². The van der Waals surface area contributed by atoms with E-state index in [1.807, 2.05) is 36.4 Å². The number of anilines is 2. The second-order valence-electron chi connectivity index (χ2n) is 14.2. The van der Waals surface area contributed by atoms with Gasteiger partial charge in [-0.25, -0.2) is 4.57 Å². The lowest BCUT2D eigenvalue weighted by Gasteiger charge is -2.18. The number of hydrogen-bond donors (Lipinski definition) is 2. The van der Waals surface area contributed by atoms with Crippen LogP contribution in [-0.2, 0) is 23.7 Å². The number of alkyl halides is 2. The van der Waals surface area contributed by atoms with Gasteiger partial charge in [0.25, 0.3) is 23.6 Å². The van der Waals surface area contributed by atoms with E-state index in [4.69, 9.17) is 32.5 Å². The molecule has 15 heteroatoms. The van der Waals surface area contributed by atoms with Crippen LogP contribution in [0.1, 0.15) is 34.1 Å². The summed E-state index contributed by atoms with van der Waals surface area (Å²) in [5.41, 5.74) is 4.13. The summed E-state index contributed by atoms with van der Waals surface area (Å²) < 4.78 is 23.1.